The van der Waals surface area contributed by atoms with Crippen LogP contribution in [0.1, 0.15) is 34.1 Å². The standard InChI is InChI=1S/C13H18N4O2S2/c1-8-13(20-10(3)16-8)9(2)17-21(18,19)12-5-4-11(6-14)7-15-12/h4-5,7,9,17H,6,14H2,1-3H3. The Balaban J connectivity index is 2.22. The van der Waals surface area contributed by atoms with Crippen LogP contribution >= 0.6 is 11.3 Å². The van der Waals surface area contributed by atoms with Crippen LogP contribution in [0.5, 0.6) is 0 Å². The fraction of sp³-hybridized carbons (Fsp3) is 0.385. The molecule has 8 heteroatoms. The maximum atomic E-state index is 12.3. The van der Waals surface area contributed by atoms with Crippen LogP contribution in [-0.4, -0.2) is 18.4 Å². The molecule has 0 aliphatic carbocycles. The van der Waals surface area contributed by atoms with Crippen molar-refractivity contribution in [2.75, 3.05) is 0 Å². The first-order chi connectivity index (χ1) is 9.83. The highest BCUT2D eigenvalue weighted by Crippen LogP contribution is 2.25. The van der Waals surface area contributed by atoms with Gasteiger partial charge in [-0.15, -0.1) is 11.3 Å². The maximum absolute atomic E-state index is 12.3. The van der Waals surface area contributed by atoms with E-state index >= 15 is 0 Å². The Hall–Kier alpha value is -1.35. The van der Waals surface area contributed by atoms with Gasteiger partial charge in [0.05, 0.1) is 16.7 Å². The van der Waals surface area contributed by atoms with Crippen molar-refractivity contribution in [3.63, 3.8) is 0 Å². The number of hydrogen-bond acceptors (Lipinski definition) is 6. The molecule has 3 N–H and O–H groups in total. The van der Waals surface area contributed by atoms with Crippen LogP contribution < -0.4 is 10.5 Å². The quantitative estimate of drug-likeness (QED) is 0.870. The largest absolute Gasteiger partial charge is 0.326 e. The lowest BCUT2D eigenvalue weighted by atomic mass is 10.2. The molecule has 2 heterocycles. The van der Waals surface area contributed by atoms with Crippen LogP contribution in [0.2, 0.25) is 0 Å². The van der Waals surface area contributed by atoms with Gasteiger partial charge >= 0.3 is 0 Å². The van der Waals surface area contributed by atoms with Crippen LogP contribution in [0.25, 0.3) is 0 Å². The highest BCUT2D eigenvalue weighted by atomic mass is 32.2. The molecular weight excluding hydrogens is 308 g/mol. The molecule has 2 rings (SSSR count). The summed E-state index contributed by atoms with van der Waals surface area (Å²) in [6.07, 6.45) is 1.47. The molecule has 0 aliphatic heterocycles. The summed E-state index contributed by atoms with van der Waals surface area (Å²) in [4.78, 5) is 9.18. The van der Waals surface area contributed by atoms with Crippen molar-refractivity contribution in [3.05, 3.63) is 39.5 Å². The lowest BCUT2D eigenvalue weighted by molar-refractivity contribution is 0.564. The van der Waals surface area contributed by atoms with E-state index in [1.807, 2.05) is 13.8 Å². The lowest BCUT2D eigenvalue weighted by Crippen LogP contribution is -2.27. The topological polar surface area (TPSA) is 98.0 Å². The zero-order valence-electron chi connectivity index (χ0n) is 12.1. The first-order valence-corrected chi connectivity index (χ1v) is 8.74. The molecule has 0 aliphatic rings. The second-order valence-electron chi connectivity index (χ2n) is 4.73. The van der Waals surface area contributed by atoms with Crippen LogP contribution in [0.3, 0.4) is 0 Å². The average Bonchev–Trinajstić information content (AvgIpc) is 2.77. The summed E-state index contributed by atoms with van der Waals surface area (Å²) in [6, 6.07) is 2.77. The van der Waals surface area contributed by atoms with Crippen molar-refractivity contribution in [1.29, 1.82) is 0 Å². The summed E-state index contributed by atoms with van der Waals surface area (Å²) in [5.74, 6) is 0. The molecule has 21 heavy (non-hydrogen) atoms. The summed E-state index contributed by atoms with van der Waals surface area (Å²) < 4.78 is 27.3. The molecule has 0 saturated carbocycles. The van der Waals surface area contributed by atoms with Gasteiger partial charge in [-0.2, -0.15) is 0 Å². The van der Waals surface area contributed by atoms with Gasteiger partial charge in [-0.05, 0) is 32.4 Å². The zero-order chi connectivity index (χ0) is 15.6. The first kappa shape index (κ1) is 16.0. The number of pyridine rings is 1. The van der Waals surface area contributed by atoms with E-state index in [2.05, 4.69) is 14.7 Å². The minimum atomic E-state index is -3.66. The number of nitrogens with one attached hydrogen (secondary N) is 1. The average molecular weight is 326 g/mol. The molecule has 1 unspecified atom stereocenters. The molecule has 0 saturated heterocycles. The predicted octanol–water partition coefficient (Wildman–Crippen LogP) is 1.65. The molecule has 6 nitrogen and oxygen atoms in total. The SMILES string of the molecule is Cc1nc(C)c(C(C)NS(=O)(=O)c2ccc(CN)cn2)s1. The van der Waals surface area contributed by atoms with Gasteiger partial charge in [0.2, 0.25) is 0 Å². The van der Waals surface area contributed by atoms with Crippen LogP contribution in [0, 0.1) is 13.8 Å². The minimum absolute atomic E-state index is 0.00885. The van der Waals surface area contributed by atoms with E-state index < -0.39 is 10.0 Å². The van der Waals surface area contributed by atoms with Gasteiger partial charge in [-0.25, -0.2) is 23.1 Å². The van der Waals surface area contributed by atoms with E-state index in [0.717, 1.165) is 21.1 Å². The Morgan fingerprint density at radius 1 is 1.38 bits per heavy atom. The van der Waals surface area contributed by atoms with Gasteiger partial charge in [0.25, 0.3) is 10.0 Å². The second-order valence-corrected chi connectivity index (χ2v) is 7.63. The van der Waals surface area contributed by atoms with Gasteiger partial charge in [0.1, 0.15) is 0 Å². The normalized spacial score (nSPS) is 13.3. The number of sulfonamides is 1. The number of nitrogens with two attached hydrogens (primary N) is 1. The molecule has 114 valence electrons. The number of aromatic nitrogens is 2. The molecule has 0 spiro atoms. The molecule has 2 aromatic heterocycles. The van der Waals surface area contributed by atoms with E-state index in [-0.39, 0.29) is 11.1 Å². The molecule has 0 fully saturated rings. The molecule has 0 radical (unpaired) electrons. The van der Waals surface area contributed by atoms with Gasteiger partial charge in [0.15, 0.2) is 5.03 Å². The first-order valence-electron chi connectivity index (χ1n) is 6.44. The van der Waals surface area contributed by atoms with Crippen LogP contribution in [-0.2, 0) is 16.6 Å². The predicted molar refractivity (Wildman–Crippen MR) is 82.5 cm³/mol. The monoisotopic (exact) mass is 326 g/mol. The van der Waals surface area contributed by atoms with E-state index in [4.69, 9.17) is 5.73 Å². The highest BCUT2D eigenvalue weighted by molar-refractivity contribution is 7.89. The van der Waals surface area contributed by atoms with Gasteiger partial charge < -0.3 is 5.73 Å². The van der Waals surface area contributed by atoms with Gasteiger partial charge in [-0.1, -0.05) is 6.07 Å². The third-order valence-electron chi connectivity index (χ3n) is 2.97. The fourth-order valence-corrected chi connectivity index (χ4v) is 4.13. The molecule has 0 aromatic carbocycles. The number of aryl methyl sites for hydroxylation is 2. The summed E-state index contributed by atoms with van der Waals surface area (Å²) in [7, 11) is -3.66. The summed E-state index contributed by atoms with van der Waals surface area (Å²) in [5, 5.41) is 0.907. The Morgan fingerprint density at radius 3 is 2.57 bits per heavy atom. The second kappa shape index (κ2) is 6.18. The summed E-state index contributed by atoms with van der Waals surface area (Å²) in [6.45, 7) is 5.90. The minimum Gasteiger partial charge on any atom is -0.326 e. The Bertz CT molecular complexity index is 723. The van der Waals surface area contributed by atoms with Crippen molar-refractivity contribution in [1.82, 2.24) is 14.7 Å². The van der Waals surface area contributed by atoms with Crippen molar-refractivity contribution >= 4 is 21.4 Å². The van der Waals surface area contributed by atoms with Crippen molar-refractivity contribution in [2.45, 2.75) is 38.4 Å². The van der Waals surface area contributed by atoms with Crippen LogP contribution in [0.15, 0.2) is 23.4 Å². The fourth-order valence-electron chi connectivity index (χ4n) is 1.99. The Morgan fingerprint density at radius 2 is 2.10 bits per heavy atom. The molecule has 2 aromatic rings. The van der Waals surface area contributed by atoms with Crippen molar-refractivity contribution < 1.29 is 8.42 Å². The van der Waals surface area contributed by atoms with Gasteiger partial charge in [0, 0.05) is 17.6 Å². The highest BCUT2D eigenvalue weighted by Gasteiger charge is 2.22. The van der Waals surface area contributed by atoms with E-state index in [9.17, 15) is 8.42 Å². The molecule has 1 atom stereocenters. The smallest absolute Gasteiger partial charge is 0.258 e. The molecule has 0 amide bonds. The number of thiazole rings is 1. The van der Waals surface area contributed by atoms with E-state index in [1.165, 1.54) is 23.6 Å². The van der Waals surface area contributed by atoms with E-state index in [1.54, 1.807) is 13.0 Å². The Labute approximate surface area is 128 Å². The van der Waals surface area contributed by atoms with Gasteiger partial charge in [-0.3, -0.25) is 0 Å². The van der Waals surface area contributed by atoms with Crippen molar-refractivity contribution in [3.8, 4) is 0 Å². The maximum Gasteiger partial charge on any atom is 0.258 e. The number of rotatable bonds is 5. The Kier molecular flexibility index (Phi) is 4.72. The lowest BCUT2D eigenvalue weighted by Gasteiger charge is -2.13. The van der Waals surface area contributed by atoms with Crippen LogP contribution in [0.4, 0.5) is 0 Å². The zero-order valence-corrected chi connectivity index (χ0v) is 13.8. The summed E-state index contributed by atoms with van der Waals surface area (Å²) in [5.41, 5.74) is 7.11. The van der Waals surface area contributed by atoms with Crippen molar-refractivity contribution in [2.24, 2.45) is 5.73 Å². The third kappa shape index (κ3) is 3.65. The summed E-state index contributed by atoms with van der Waals surface area (Å²) >= 11 is 1.49. The number of hydrogen-bond donors (Lipinski definition) is 2. The number of nitrogens with zero attached hydrogens (tertiary/aromatic N) is 2. The molecule has 0 bridgehead atoms. The molecular formula is C13H18N4O2S2. The third-order valence-corrected chi connectivity index (χ3v) is 5.68. The van der Waals surface area contributed by atoms with E-state index in [0.29, 0.717) is 6.54 Å².